The summed E-state index contributed by atoms with van der Waals surface area (Å²) in [5.74, 6) is 1.21. The van der Waals surface area contributed by atoms with Gasteiger partial charge in [-0.1, -0.05) is 44.2 Å². The van der Waals surface area contributed by atoms with Gasteiger partial charge in [-0.05, 0) is 24.2 Å². The minimum Gasteiger partial charge on any atom is -0.323 e. The van der Waals surface area contributed by atoms with Crippen LogP contribution in [0, 0.1) is 0 Å². The summed E-state index contributed by atoms with van der Waals surface area (Å²) >= 11 is 2.00. The van der Waals surface area contributed by atoms with Gasteiger partial charge in [0, 0.05) is 11.3 Å². The highest BCUT2D eigenvalue weighted by atomic mass is 32.2. The van der Waals surface area contributed by atoms with Crippen molar-refractivity contribution in [2.24, 2.45) is 5.73 Å². The Bertz CT molecular complexity index is 260. The molecule has 0 spiro atoms. The van der Waals surface area contributed by atoms with Gasteiger partial charge in [0.25, 0.3) is 0 Å². The Labute approximate surface area is 97.4 Å². The average molecular weight is 223 g/mol. The van der Waals surface area contributed by atoms with Crippen LogP contribution in [0.2, 0.25) is 0 Å². The molecule has 2 N–H and O–H groups in total. The van der Waals surface area contributed by atoms with Crippen LogP contribution in [0.4, 0.5) is 0 Å². The van der Waals surface area contributed by atoms with Crippen LogP contribution < -0.4 is 5.73 Å². The Morgan fingerprint density at radius 1 is 1.20 bits per heavy atom. The zero-order chi connectivity index (χ0) is 11.1. The number of nitrogens with two attached hydrogens (primary N) is 1. The average Bonchev–Trinajstić information content (AvgIpc) is 2.31. The van der Waals surface area contributed by atoms with Crippen molar-refractivity contribution in [3.8, 4) is 0 Å². The molecule has 1 aromatic carbocycles. The number of hydrogen-bond donors (Lipinski definition) is 1. The van der Waals surface area contributed by atoms with Crippen LogP contribution in [0.1, 0.15) is 38.3 Å². The maximum atomic E-state index is 6.27. The van der Waals surface area contributed by atoms with E-state index in [1.807, 2.05) is 17.8 Å². The zero-order valence-corrected chi connectivity index (χ0v) is 10.5. The second kappa shape index (κ2) is 6.91. The van der Waals surface area contributed by atoms with Crippen LogP contribution in [-0.4, -0.2) is 11.0 Å². The van der Waals surface area contributed by atoms with E-state index >= 15 is 0 Å². The van der Waals surface area contributed by atoms with Gasteiger partial charge in [-0.2, -0.15) is 11.8 Å². The third-order valence-corrected chi connectivity index (χ3v) is 4.22. The molecule has 15 heavy (non-hydrogen) atoms. The topological polar surface area (TPSA) is 26.0 Å². The molecule has 0 aliphatic carbocycles. The Kier molecular flexibility index (Phi) is 5.81. The van der Waals surface area contributed by atoms with E-state index in [2.05, 4.69) is 38.1 Å². The number of benzene rings is 1. The summed E-state index contributed by atoms with van der Waals surface area (Å²) in [5.41, 5.74) is 7.53. The fourth-order valence-electron chi connectivity index (χ4n) is 1.63. The van der Waals surface area contributed by atoms with E-state index in [0.29, 0.717) is 5.25 Å². The van der Waals surface area contributed by atoms with Gasteiger partial charge in [-0.25, -0.2) is 0 Å². The molecule has 0 saturated heterocycles. The quantitative estimate of drug-likeness (QED) is 0.797. The SMILES string of the molecule is CCCSC(CC)C(N)c1ccccc1. The third kappa shape index (κ3) is 3.88. The highest BCUT2D eigenvalue weighted by Crippen LogP contribution is 2.27. The van der Waals surface area contributed by atoms with Crippen LogP contribution >= 0.6 is 11.8 Å². The molecule has 0 bridgehead atoms. The molecule has 1 rings (SSSR count). The van der Waals surface area contributed by atoms with Gasteiger partial charge < -0.3 is 5.73 Å². The van der Waals surface area contributed by atoms with Gasteiger partial charge in [-0.15, -0.1) is 0 Å². The van der Waals surface area contributed by atoms with E-state index in [1.54, 1.807) is 0 Å². The summed E-state index contributed by atoms with van der Waals surface area (Å²) < 4.78 is 0. The maximum Gasteiger partial charge on any atom is 0.0415 e. The standard InChI is InChI=1S/C13H21NS/c1-3-10-15-12(4-2)13(14)11-8-6-5-7-9-11/h5-9,12-13H,3-4,10,14H2,1-2H3. The number of thioether (sulfide) groups is 1. The predicted octanol–water partition coefficient (Wildman–Crippen LogP) is 3.61. The van der Waals surface area contributed by atoms with Crippen molar-refractivity contribution < 1.29 is 0 Å². The molecule has 2 atom stereocenters. The monoisotopic (exact) mass is 223 g/mol. The van der Waals surface area contributed by atoms with Crippen molar-refractivity contribution in [3.05, 3.63) is 35.9 Å². The van der Waals surface area contributed by atoms with Crippen LogP contribution in [-0.2, 0) is 0 Å². The summed E-state index contributed by atoms with van der Waals surface area (Å²) in [6.07, 6.45) is 2.36. The second-order valence-electron chi connectivity index (χ2n) is 3.75. The molecule has 0 aliphatic heterocycles. The van der Waals surface area contributed by atoms with Gasteiger partial charge >= 0.3 is 0 Å². The van der Waals surface area contributed by atoms with Crippen molar-refractivity contribution in [2.45, 2.75) is 38.0 Å². The fourth-order valence-corrected chi connectivity index (χ4v) is 2.77. The molecule has 0 saturated carbocycles. The first-order valence-electron chi connectivity index (χ1n) is 5.71. The molecule has 2 heteroatoms. The van der Waals surface area contributed by atoms with E-state index in [1.165, 1.54) is 17.7 Å². The lowest BCUT2D eigenvalue weighted by Crippen LogP contribution is -2.23. The second-order valence-corrected chi connectivity index (χ2v) is 5.10. The van der Waals surface area contributed by atoms with E-state index in [9.17, 15) is 0 Å². The van der Waals surface area contributed by atoms with Crippen LogP contribution in [0.25, 0.3) is 0 Å². The van der Waals surface area contributed by atoms with E-state index in [0.717, 1.165) is 6.42 Å². The van der Waals surface area contributed by atoms with Gasteiger partial charge in [0.05, 0.1) is 0 Å². The molecule has 0 radical (unpaired) electrons. The molecule has 0 aliphatic rings. The van der Waals surface area contributed by atoms with E-state index < -0.39 is 0 Å². The highest BCUT2D eigenvalue weighted by molar-refractivity contribution is 7.99. The van der Waals surface area contributed by atoms with E-state index in [-0.39, 0.29) is 6.04 Å². The lowest BCUT2D eigenvalue weighted by molar-refractivity contribution is 0.656. The van der Waals surface area contributed by atoms with Crippen molar-refractivity contribution in [3.63, 3.8) is 0 Å². The summed E-state index contributed by atoms with van der Waals surface area (Å²) in [7, 11) is 0. The van der Waals surface area contributed by atoms with E-state index in [4.69, 9.17) is 5.73 Å². The Balaban J connectivity index is 2.60. The largest absolute Gasteiger partial charge is 0.323 e. The van der Waals surface area contributed by atoms with Crippen LogP contribution in [0.5, 0.6) is 0 Å². The molecular formula is C13H21NS. The lowest BCUT2D eigenvalue weighted by Gasteiger charge is -2.22. The number of hydrogen-bond acceptors (Lipinski definition) is 2. The molecule has 0 fully saturated rings. The van der Waals surface area contributed by atoms with Crippen molar-refractivity contribution >= 4 is 11.8 Å². The lowest BCUT2D eigenvalue weighted by atomic mass is 10.0. The minimum absolute atomic E-state index is 0.174. The van der Waals surface area contributed by atoms with Crippen molar-refractivity contribution in [1.82, 2.24) is 0 Å². The Hall–Kier alpha value is -0.470. The van der Waals surface area contributed by atoms with Gasteiger partial charge in [0.1, 0.15) is 0 Å². The summed E-state index contributed by atoms with van der Waals surface area (Å²) in [5, 5.41) is 0.548. The summed E-state index contributed by atoms with van der Waals surface area (Å²) in [6.45, 7) is 4.43. The molecule has 84 valence electrons. The first-order valence-corrected chi connectivity index (χ1v) is 6.76. The van der Waals surface area contributed by atoms with Crippen LogP contribution in [0.3, 0.4) is 0 Å². The molecule has 0 heterocycles. The molecule has 0 aromatic heterocycles. The van der Waals surface area contributed by atoms with Gasteiger partial charge in [-0.3, -0.25) is 0 Å². The molecule has 1 nitrogen and oxygen atoms in total. The summed E-state index contributed by atoms with van der Waals surface area (Å²) in [6, 6.07) is 10.6. The maximum absolute atomic E-state index is 6.27. The Morgan fingerprint density at radius 3 is 2.40 bits per heavy atom. The number of rotatable bonds is 6. The molecular weight excluding hydrogens is 202 g/mol. The van der Waals surface area contributed by atoms with Crippen molar-refractivity contribution in [2.75, 3.05) is 5.75 Å². The molecule has 2 unspecified atom stereocenters. The molecule has 0 amide bonds. The normalized spacial score (nSPS) is 14.9. The predicted molar refractivity (Wildman–Crippen MR) is 70.2 cm³/mol. The first kappa shape index (κ1) is 12.6. The summed E-state index contributed by atoms with van der Waals surface area (Å²) in [4.78, 5) is 0. The van der Waals surface area contributed by atoms with Gasteiger partial charge in [0.2, 0.25) is 0 Å². The highest BCUT2D eigenvalue weighted by Gasteiger charge is 2.17. The molecule has 1 aromatic rings. The fraction of sp³-hybridized carbons (Fsp3) is 0.538. The minimum atomic E-state index is 0.174. The first-order chi connectivity index (χ1) is 7.29. The van der Waals surface area contributed by atoms with Crippen LogP contribution in [0.15, 0.2) is 30.3 Å². The Morgan fingerprint density at radius 2 is 1.87 bits per heavy atom. The third-order valence-electron chi connectivity index (χ3n) is 2.52. The smallest absolute Gasteiger partial charge is 0.0415 e. The zero-order valence-electron chi connectivity index (χ0n) is 9.65. The van der Waals surface area contributed by atoms with Gasteiger partial charge in [0.15, 0.2) is 0 Å². The van der Waals surface area contributed by atoms with Crippen molar-refractivity contribution in [1.29, 1.82) is 0 Å².